The van der Waals surface area contributed by atoms with Crippen LogP contribution in [0.5, 0.6) is 0 Å². The van der Waals surface area contributed by atoms with Crippen LogP contribution >= 0.6 is 11.6 Å². The van der Waals surface area contributed by atoms with E-state index in [0.717, 1.165) is 10.7 Å². The topological polar surface area (TPSA) is 17.8 Å². The van der Waals surface area contributed by atoms with Crippen LogP contribution in [0.2, 0.25) is 5.15 Å². The third-order valence-electron chi connectivity index (χ3n) is 2.01. The van der Waals surface area contributed by atoms with Crippen LogP contribution in [0, 0.1) is 5.82 Å². The van der Waals surface area contributed by atoms with Crippen LogP contribution in [0.1, 0.15) is 5.69 Å². The second-order valence-electron chi connectivity index (χ2n) is 3.24. The summed E-state index contributed by atoms with van der Waals surface area (Å²) in [6, 6.07) is 5.66. The first-order valence-electron chi connectivity index (χ1n) is 4.46. The summed E-state index contributed by atoms with van der Waals surface area (Å²) < 4.78 is 50.8. The van der Waals surface area contributed by atoms with Gasteiger partial charge in [-0.25, -0.2) is 9.07 Å². The van der Waals surface area contributed by atoms with E-state index >= 15 is 0 Å². The molecule has 90 valence electrons. The maximum absolute atomic E-state index is 12.9. The number of benzene rings is 1. The van der Waals surface area contributed by atoms with Gasteiger partial charge in [0.15, 0.2) is 5.69 Å². The fourth-order valence-corrected chi connectivity index (χ4v) is 1.52. The Balaban J connectivity index is 2.50. The van der Waals surface area contributed by atoms with E-state index < -0.39 is 17.7 Å². The van der Waals surface area contributed by atoms with Gasteiger partial charge in [0.25, 0.3) is 0 Å². The minimum absolute atomic E-state index is 0.130. The summed E-state index contributed by atoms with van der Waals surface area (Å²) in [4.78, 5) is 0. The minimum atomic E-state index is -4.58. The summed E-state index contributed by atoms with van der Waals surface area (Å²) >= 11 is 5.62. The molecule has 0 N–H and O–H groups in total. The van der Waals surface area contributed by atoms with Gasteiger partial charge in [-0.1, -0.05) is 17.7 Å². The van der Waals surface area contributed by atoms with Crippen molar-refractivity contribution in [1.82, 2.24) is 9.78 Å². The molecule has 2 nitrogen and oxygen atoms in total. The SMILES string of the molecule is Fc1cccc(-n2nc(C(F)(F)F)cc2Cl)c1. The van der Waals surface area contributed by atoms with Crippen molar-refractivity contribution in [2.24, 2.45) is 0 Å². The Labute approximate surface area is 98.4 Å². The molecular formula is C10H5ClF4N2. The summed E-state index contributed by atoms with van der Waals surface area (Å²) in [5, 5.41) is 3.05. The number of aromatic nitrogens is 2. The molecule has 1 aromatic carbocycles. The number of halogens is 5. The number of rotatable bonds is 1. The van der Waals surface area contributed by atoms with Gasteiger partial charge in [0.2, 0.25) is 0 Å². The van der Waals surface area contributed by atoms with Gasteiger partial charge in [0.1, 0.15) is 11.0 Å². The average Bonchev–Trinajstić information content (AvgIpc) is 2.60. The van der Waals surface area contributed by atoms with Gasteiger partial charge >= 0.3 is 6.18 Å². The Morgan fingerprint density at radius 2 is 1.88 bits per heavy atom. The third kappa shape index (κ3) is 2.41. The van der Waals surface area contributed by atoms with Gasteiger partial charge in [-0.3, -0.25) is 0 Å². The van der Waals surface area contributed by atoms with E-state index in [9.17, 15) is 17.6 Å². The van der Waals surface area contributed by atoms with E-state index in [-0.39, 0.29) is 10.8 Å². The molecule has 0 radical (unpaired) electrons. The molecule has 2 rings (SSSR count). The molecular weight excluding hydrogens is 260 g/mol. The largest absolute Gasteiger partial charge is 0.435 e. The van der Waals surface area contributed by atoms with Crippen LogP contribution in [-0.2, 0) is 6.18 Å². The minimum Gasteiger partial charge on any atom is -0.222 e. The summed E-state index contributed by atoms with van der Waals surface area (Å²) in [5.41, 5.74) is -0.989. The van der Waals surface area contributed by atoms with Gasteiger partial charge in [0, 0.05) is 6.07 Å². The van der Waals surface area contributed by atoms with Gasteiger partial charge < -0.3 is 0 Å². The number of alkyl halides is 3. The first-order valence-corrected chi connectivity index (χ1v) is 4.84. The molecule has 0 amide bonds. The quantitative estimate of drug-likeness (QED) is 0.719. The van der Waals surface area contributed by atoms with E-state index in [1.54, 1.807) is 0 Å². The van der Waals surface area contributed by atoms with E-state index in [2.05, 4.69) is 5.10 Å². The molecule has 1 aromatic heterocycles. The molecule has 0 atom stereocenters. The highest BCUT2D eigenvalue weighted by molar-refractivity contribution is 6.29. The fourth-order valence-electron chi connectivity index (χ4n) is 1.29. The Morgan fingerprint density at radius 3 is 2.41 bits per heavy atom. The van der Waals surface area contributed by atoms with Crippen molar-refractivity contribution in [2.45, 2.75) is 6.18 Å². The Morgan fingerprint density at radius 1 is 1.18 bits per heavy atom. The third-order valence-corrected chi connectivity index (χ3v) is 2.28. The Kier molecular flexibility index (Phi) is 2.82. The lowest BCUT2D eigenvalue weighted by Gasteiger charge is -2.03. The van der Waals surface area contributed by atoms with Crippen molar-refractivity contribution >= 4 is 11.6 Å². The van der Waals surface area contributed by atoms with Crippen molar-refractivity contribution in [3.8, 4) is 5.69 Å². The van der Waals surface area contributed by atoms with Crippen molar-refractivity contribution in [2.75, 3.05) is 0 Å². The molecule has 0 saturated heterocycles. The van der Waals surface area contributed by atoms with Gasteiger partial charge in [-0.2, -0.15) is 18.3 Å². The molecule has 2 aromatic rings. The van der Waals surface area contributed by atoms with E-state index in [4.69, 9.17) is 11.6 Å². The van der Waals surface area contributed by atoms with Crippen molar-refractivity contribution in [3.63, 3.8) is 0 Å². The summed E-state index contributed by atoms with van der Waals surface area (Å²) in [7, 11) is 0. The summed E-state index contributed by atoms with van der Waals surface area (Å²) in [5.74, 6) is -0.581. The lowest BCUT2D eigenvalue weighted by Crippen LogP contribution is -2.07. The van der Waals surface area contributed by atoms with Gasteiger partial charge in [-0.15, -0.1) is 0 Å². The molecule has 0 aliphatic heterocycles. The van der Waals surface area contributed by atoms with Crippen LogP contribution in [-0.4, -0.2) is 9.78 Å². The van der Waals surface area contributed by atoms with E-state index in [1.165, 1.54) is 18.2 Å². The van der Waals surface area contributed by atoms with Crippen LogP contribution < -0.4 is 0 Å². The van der Waals surface area contributed by atoms with Crippen LogP contribution in [0.4, 0.5) is 17.6 Å². The highest BCUT2D eigenvalue weighted by Crippen LogP contribution is 2.31. The monoisotopic (exact) mass is 264 g/mol. The number of hydrogen-bond acceptors (Lipinski definition) is 1. The van der Waals surface area contributed by atoms with Crippen molar-refractivity contribution in [1.29, 1.82) is 0 Å². The van der Waals surface area contributed by atoms with Crippen LogP contribution in [0.15, 0.2) is 30.3 Å². The lowest BCUT2D eigenvalue weighted by atomic mass is 10.3. The average molecular weight is 265 g/mol. The summed E-state index contributed by atoms with van der Waals surface area (Å²) in [6.45, 7) is 0. The number of hydrogen-bond donors (Lipinski definition) is 0. The van der Waals surface area contributed by atoms with Crippen LogP contribution in [0.25, 0.3) is 5.69 Å². The molecule has 0 unspecified atom stereocenters. The number of nitrogens with zero attached hydrogens (tertiary/aromatic N) is 2. The zero-order valence-electron chi connectivity index (χ0n) is 8.17. The zero-order chi connectivity index (χ0) is 12.6. The van der Waals surface area contributed by atoms with Crippen molar-refractivity contribution < 1.29 is 17.6 Å². The van der Waals surface area contributed by atoms with E-state index in [0.29, 0.717) is 6.07 Å². The normalized spacial score (nSPS) is 11.8. The molecule has 0 aliphatic rings. The van der Waals surface area contributed by atoms with Gasteiger partial charge in [-0.05, 0) is 18.2 Å². The molecule has 0 aliphatic carbocycles. The first kappa shape index (κ1) is 11.9. The molecule has 1 heterocycles. The zero-order valence-corrected chi connectivity index (χ0v) is 8.93. The highest BCUT2D eigenvalue weighted by Gasteiger charge is 2.34. The maximum atomic E-state index is 12.9. The smallest absolute Gasteiger partial charge is 0.222 e. The molecule has 0 saturated carbocycles. The molecule has 17 heavy (non-hydrogen) atoms. The lowest BCUT2D eigenvalue weighted by molar-refractivity contribution is -0.141. The Bertz CT molecular complexity index is 547. The summed E-state index contributed by atoms with van der Waals surface area (Å²) in [6.07, 6.45) is -4.58. The van der Waals surface area contributed by atoms with Crippen LogP contribution in [0.3, 0.4) is 0 Å². The highest BCUT2D eigenvalue weighted by atomic mass is 35.5. The second kappa shape index (κ2) is 4.03. The van der Waals surface area contributed by atoms with Crippen molar-refractivity contribution in [3.05, 3.63) is 47.0 Å². The predicted octanol–water partition coefficient (Wildman–Crippen LogP) is 3.68. The molecule has 0 fully saturated rings. The first-order chi connectivity index (χ1) is 7.88. The standard InChI is InChI=1S/C10H5ClF4N2/c11-9-5-8(10(13,14)15)16-17(9)7-3-1-2-6(12)4-7/h1-5H. The van der Waals surface area contributed by atoms with Gasteiger partial charge in [0.05, 0.1) is 5.69 Å². The Hall–Kier alpha value is -1.56. The fraction of sp³-hybridized carbons (Fsp3) is 0.100. The molecule has 0 spiro atoms. The maximum Gasteiger partial charge on any atom is 0.435 e. The second-order valence-corrected chi connectivity index (χ2v) is 3.63. The van der Waals surface area contributed by atoms with E-state index in [1.807, 2.05) is 0 Å². The molecule has 7 heteroatoms. The predicted molar refractivity (Wildman–Crippen MR) is 53.5 cm³/mol. The molecule has 0 bridgehead atoms.